The zero-order valence-corrected chi connectivity index (χ0v) is 15.3. The Labute approximate surface area is 157 Å². The van der Waals surface area contributed by atoms with Gasteiger partial charge in [-0.25, -0.2) is 0 Å². The predicted octanol–water partition coefficient (Wildman–Crippen LogP) is 2.96. The highest BCUT2D eigenvalue weighted by Gasteiger charge is 2.23. The first-order valence-corrected chi connectivity index (χ1v) is 8.97. The fourth-order valence-electron chi connectivity index (χ4n) is 3.14. The second-order valence-corrected chi connectivity index (χ2v) is 6.81. The lowest BCUT2D eigenvalue weighted by Crippen LogP contribution is -2.42. The van der Waals surface area contributed by atoms with Crippen LogP contribution in [0.4, 0.5) is 0 Å². The van der Waals surface area contributed by atoms with Gasteiger partial charge in [-0.1, -0.05) is 29.8 Å². The van der Waals surface area contributed by atoms with E-state index in [1.165, 1.54) is 0 Å². The number of hydrogen-bond donors (Lipinski definition) is 2. The van der Waals surface area contributed by atoms with Crippen LogP contribution in [-0.4, -0.2) is 48.1 Å². The molecule has 1 heterocycles. The van der Waals surface area contributed by atoms with Gasteiger partial charge in [0.05, 0.1) is 16.7 Å². The molecule has 6 heteroatoms. The number of carbonyl (C=O) groups excluding carboxylic acids is 2. The Morgan fingerprint density at radius 2 is 1.85 bits per heavy atom. The van der Waals surface area contributed by atoms with Crippen molar-refractivity contribution in [1.82, 2.24) is 10.2 Å². The second kappa shape index (κ2) is 7.89. The molecular weight excluding hydrogens is 352 g/mol. The largest absolute Gasteiger partial charge is 0.391 e. The van der Waals surface area contributed by atoms with Crippen LogP contribution < -0.4 is 5.32 Å². The van der Waals surface area contributed by atoms with E-state index in [4.69, 9.17) is 11.6 Å². The first-order chi connectivity index (χ1) is 12.5. The van der Waals surface area contributed by atoms with Gasteiger partial charge in [-0.3, -0.25) is 9.59 Å². The van der Waals surface area contributed by atoms with Gasteiger partial charge in [-0.15, -0.1) is 0 Å². The summed E-state index contributed by atoms with van der Waals surface area (Å²) in [6.07, 6.45) is 1.12. The number of aliphatic hydroxyl groups excluding tert-OH is 1. The molecular formula is C20H21ClN2O3. The lowest BCUT2D eigenvalue weighted by molar-refractivity contribution is 0.0474. The average Bonchev–Trinajstić information content (AvgIpc) is 2.67. The molecule has 1 fully saturated rings. The molecule has 136 valence electrons. The first-order valence-electron chi connectivity index (χ1n) is 8.59. The average molecular weight is 373 g/mol. The van der Waals surface area contributed by atoms with E-state index in [1.807, 2.05) is 18.2 Å². The summed E-state index contributed by atoms with van der Waals surface area (Å²) in [4.78, 5) is 26.2. The number of hydrogen-bond acceptors (Lipinski definition) is 3. The van der Waals surface area contributed by atoms with E-state index >= 15 is 0 Å². The zero-order valence-electron chi connectivity index (χ0n) is 14.5. The van der Waals surface area contributed by atoms with Crippen LogP contribution in [0.3, 0.4) is 0 Å². The second-order valence-electron chi connectivity index (χ2n) is 6.40. The molecule has 0 bridgehead atoms. The molecule has 1 aliphatic rings. The van der Waals surface area contributed by atoms with E-state index in [9.17, 15) is 14.7 Å². The minimum atomic E-state index is -0.441. The Hall–Kier alpha value is -2.37. The molecule has 0 aromatic heterocycles. The number of amides is 2. The van der Waals surface area contributed by atoms with Crippen molar-refractivity contribution in [3.8, 4) is 11.1 Å². The van der Waals surface area contributed by atoms with Crippen molar-refractivity contribution in [2.75, 3.05) is 20.1 Å². The maximum Gasteiger partial charge on any atom is 0.253 e. The number of halogens is 1. The van der Waals surface area contributed by atoms with Gasteiger partial charge in [0.2, 0.25) is 0 Å². The number of β-amino-alcohol motifs (C(OH)–C–C–N with tert-alkyl or cyclic N) is 1. The Morgan fingerprint density at radius 3 is 2.50 bits per heavy atom. The molecule has 1 saturated heterocycles. The van der Waals surface area contributed by atoms with Gasteiger partial charge in [0, 0.05) is 25.7 Å². The molecule has 5 nitrogen and oxygen atoms in total. The van der Waals surface area contributed by atoms with E-state index in [-0.39, 0.29) is 11.8 Å². The molecule has 2 amide bonds. The molecule has 26 heavy (non-hydrogen) atoms. The van der Waals surface area contributed by atoms with E-state index in [2.05, 4.69) is 5.32 Å². The first kappa shape index (κ1) is 18.4. The fourth-order valence-corrected chi connectivity index (χ4v) is 3.34. The number of carbonyl (C=O) groups is 2. The molecule has 0 radical (unpaired) electrons. The van der Waals surface area contributed by atoms with E-state index < -0.39 is 6.10 Å². The van der Waals surface area contributed by atoms with Gasteiger partial charge >= 0.3 is 0 Å². The van der Waals surface area contributed by atoms with Crippen molar-refractivity contribution < 1.29 is 14.7 Å². The SMILES string of the molecule is CNC(=O)c1cc(-c2ccc(C(=O)N3CCCC(O)C3)cc2)ccc1Cl. The molecule has 3 rings (SSSR count). The molecule has 0 spiro atoms. The van der Waals surface area contributed by atoms with Crippen LogP contribution in [0.15, 0.2) is 42.5 Å². The molecule has 1 atom stereocenters. The number of nitrogens with zero attached hydrogens (tertiary/aromatic N) is 1. The molecule has 2 aromatic carbocycles. The Bertz CT molecular complexity index is 820. The van der Waals surface area contributed by atoms with Crippen molar-refractivity contribution in [3.05, 3.63) is 58.6 Å². The summed E-state index contributed by atoms with van der Waals surface area (Å²) in [6.45, 7) is 1.05. The molecule has 1 aliphatic heterocycles. The van der Waals surface area contributed by atoms with E-state index in [0.29, 0.717) is 29.2 Å². The summed E-state index contributed by atoms with van der Waals surface area (Å²) in [5, 5.41) is 12.7. The van der Waals surface area contributed by atoms with Gasteiger partial charge in [0.1, 0.15) is 0 Å². The predicted molar refractivity (Wildman–Crippen MR) is 101 cm³/mol. The normalized spacial score (nSPS) is 17.0. The molecule has 1 unspecified atom stereocenters. The highest BCUT2D eigenvalue weighted by molar-refractivity contribution is 6.34. The molecule has 2 N–H and O–H groups in total. The minimum absolute atomic E-state index is 0.0718. The summed E-state index contributed by atoms with van der Waals surface area (Å²) in [7, 11) is 1.56. The van der Waals surface area contributed by atoms with Crippen LogP contribution in [0.2, 0.25) is 5.02 Å². The van der Waals surface area contributed by atoms with Crippen LogP contribution >= 0.6 is 11.6 Å². The Morgan fingerprint density at radius 1 is 1.15 bits per heavy atom. The van der Waals surface area contributed by atoms with Gasteiger partial charge in [0.15, 0.2) is 0 Å². The number of likely N-dealkylation sites (tertiary alicyclic amines) is 1. The summed E-state index contributed by atoms with van der Waals surface area (Å²) in [5.41, 5.74) is 2.74. The highest BCUT2D eigenvalue weighted by Crippen LogP contribution is 2.26. The van der Waals surface area contributed by atoms with Crippen LogP contribution in [0.1, 0.15) is 33.6 Å². The fraction of sp³-hybridized carbons (Fsp3) is 0.300. The van der Waals surface area contributed by atoms with Crippen LogP contribution in [0.5, 0.6) is 0 Å². The standard InChI is InChI=1S/C20H21ClN2O3/c1-22-19(25)17-11-15(8-9-18(17)21)13-4-6-14(7-5-13)20(26)23-10-2-3-16(24)12-23/h4-9,11,16,24H,2-3,10,12H2,1H3,(H,22,25). The van der Waals surface area contributed by atoms with Gasteiger partial charge in [0.25, 0.3) is 11.8 Å². The third-order valence-electron chi connectivity index (χ3n) is 4.59. The van der Waals surface area contributed by atoms with Gasteiger partial charge in [-0.05, 0) is 48.2 Å². The number of benzene rings is 2. The van der Waals surface area contributed by atoms with Crippen molar-refractivity contribution in [3.63, 3.8) is 0 Å². The van der Waals surface area contributed by atoms with Crippen molar-refractivity contribution in [2.24, 2.45) is 0 Å². The third-order valence-corrected chi connectivity index (χ3v) is 4.92. The van der Waals surface area contributed by atoms with Gasteiger partial charge in [-0.2, -0.15) is 0 Å². The Kier molecular flexibility index (Phi) is 5.59. The lowest BCUT2D eigenvalue weighted by atomic mass is 10.0. The monoisotopic (exact) mass is 372 g/mol. The number of nitrogens with one attached hydrogen (secondary N) is 1. The summed E-state index contributed by atoms with van der Waals surface area (Å²) < 4.78 is 0. The number of rotatable bonds is 3. The van der Waals surface area contributed by atoms with Crippen LogP contribution in [-0.2, 0) is 0 Å². The quantitative estimate of drug-likeness (QED) is 0.870. The van der Waals surface area contributed by atoms with Gasteiger partial charge < -0.3 is 15.3 Å². The maximum absolute atomic E-state index is 12.6. The van der Waals surface area contributed by atoms with Crippen molar-refractivity contribution >= 4 is 23.4 Å². The molecule has 0 aliphatic carbocycles. The topological polar surface area (TPSA) is 69.6 Å². The number of piperidine rings is 1. The molecule has 2 aromatic rings. The zero-order chi connectivity index (χ0) is 18.7. The highest BCUT2D eigenvalue weighted by atomic mass is 35.5. The third kappa shape index (κ3) is 3.89. The van der Waals surface area contributed by atoms with E-state index in [0.717, 1.165) is 24.0 Å². The summed E-state index contributed by atoms with van der Waals surface area (Å²) >= 11 is 6.09. The Balaban J connectivity index is 1.81. The smallest absolute Gasteiger partial charge is 0.253 e. The van der Waals surface area contributed by atoms with E-state index in [1.54, 1.807) is 36.2 Å². The molecule has 0 saturated carbocycles. The van der Waals surface area contributed by atoms with Crippen molar-refractivity contribution in [1.29, 1.82) is 0 Å². The maximum atomic E-state index is 12.6. The summed E-state index contributed by atoms with van der Waals surface area (Å²) in [6, 6.07) is 12.5. The lowest BCUT2D eigenvalue weighted by Gasteiger charge is -2.30. The van der Waals surface area contributed by atoms with Crippen LogP contribution in [0.25, 0.3) is 11.1 Å². The van der Waals surface area contributed by atoms with Crippen LogP contribution in [0, 0.1) is 0 Å². The number of aliphatic hydroxyl groups is 1. The van der Waals surface area contributed by atoms with Crippen molar-refractivity contribution in [2.45, 2.75) is 18.9 Å². The summed E-state index contributed by atoms with van der Waals surface area (Å²) in [5.74, 6) is -0.315. The minimum Gasteiger partial charge on any atom is -0.391 e.